The number of hydrogen-bond acceptors (Lipinski definition) is 3. The second-order valence-electron chi connectivity index (χ2n) is 7.05. The van der Waals surface area contributed by atoms with Gasteiger partial charge in [0.05, 0.1) is 16.3 Å². The molecule has 2 fully saturated rings. The number of H-pyrrole nitrogens is 1. The van der Waals surface area contributed by atoms with E-state index in [9.17, 15) is 0 Å². The highest BCUT2D eigenvalue weighted by atomic mass is 35.5. The quantitative estimate of drug-likeness (QED) is 0.777. The van der Waals surface area contributed by atoms with Crippen molar-refractivity contribution in [2.75, 3.05) is 13.1 Å². The van der Waals surface area contributed by atoms with E-state index < -0.39 is 0 Å². The first kappa shape index (κ1) is 17.2. The van der Waals surface area contributed by atoms with Crippen molar-refractivity contribution in [1.82, 2.24) is 15.2 Å². The molecule has 2 aliphatic rings. The molecule has 0 radical (unpaired) electrons. The minimum absolute atomic E-state index is 0.442. The minimum atomic E-state index is 0.442. The number of nitrogens with one attached hydrogen (secondary N) is 2. The smallest absolute Gasteiger partial charge is 0.139 e. The Bertz CT molecular complexity index is 775. The van der Waals surface area contributed by atoms with Crippen LogP contribution in [0.25, 0.3) is 12.4 Å². The van der Waals surface area contributed by atoms with Gasteiger partial charge < -0.3 is 15.2 Å². The number of aromatic nitrogens is 1. The van der Waals surface area contributed by atoms with Crippen LogP contribution in [0.2, 0.25) is 5.02 Å². The van der Waals surface area contributed by atoms with Gasteiger partial charge in [-0.1, -0.05) is 31.7 Å². The second kappa shape index (κ2) is 6.67. The molecular weight excluding hydrogens is 320 g/mol. The lowest BCUT2D eigenvalue weighted by atomic mass is 10.1. The number of halogens is 1. The lowest BCUT2D eigenvalue weighted by molar-refractivity contribution is 0.206. The topological polar surface area (TPSA) is 43.4 Å². The standard InChI is InChI=1S/C19H27ClN4/c1-6-16-18(20)17(13(5)23-16)19(21-11(2)3)24-9-15(10-24)22-12(4)14-7-8-14/h14-15,22-23H,4-10H2,1-3H3/b19-17-. The number of hydrogen-bond donors (Lipinski definition) is 2. The molecule has 1 aliphatic heterocycles. The summed E-state index contributed by atoms with van der Waals surface area (Å²) >= 11 is 6.59. The predicted molar refractivity (Wildman–Crippen MR) is 103 cm³/mol. The van der Waals surface area contributed by atoms with E-state index >= 15 is 0 Å². The van der Waals surface area contributed by atoms with Crippen LogP contribution in [0.15, 0.2) is 17.3 Å². The molecule has 2 N–H and O–H groups in total. The Morgan fingerprint density at radius 3 is 2.54 bits per heavy atom. The van der Waals surface area contributed by atoms with Gasteiger partial charge in [0.25, 0.3) is 0 Å². The Morgan fingerprint density at radius 1 is 1.38 bits per heavy atom. The molecule has 5 heteroatoms. The zero-order valence-corrected chi connectivity index (χ0v) is 15.6. The van der Waals surface area contributed by atoms with Crippen LogP contribution in [0.5, 0.6) is 0 Å². The molecule has 0 spiro atoms. The maximum Gasteiger partial charge on any atom is 0.139 e. The lowest BCUT2D eigenvalue weighted by Gasteiger charge is -2.42. The average molecular weight is 347 g/mol. The fourth-order valence-electron chi connectivity index (χ4n) is 3.11. The average Bonchev–Trinajstić information content (AvgIpc) is 3.27. The van der Waals surface area contributed by atoms with Crippen LogP contribution in [0.4, 0.5) is 0 Å². The predicted octanol–water partition coefficient (Wildman–Crippen LogP) is 2.38. The van der Waals surface area contributed by atoms with Crippen molar-refractivity contribution in [3.63, 3.8) is 0 Å². The maximum absolute atomic E-state index is 6.59. The summed E-state index contributed by atoms with van der Waals surface area (Å²) in [6, 6.07) is 0.442. The van der Waals surface area contributed by atoms with Crippen LogP contribution in [0.3, 0.4) is 0 Å². The third kappa shape index (κ3) is 3.39. The normalized spacial score (nSPS) is 18.9. The van der Waals surface area contributed by atoms with Crippen molar-refractivity contribution in [2.24, 2.45) is 10.9 Å². The van der Waals surface area contributed by atoms with Gasteiger partial charge >= 0.3 is 0 Å². The van der Waals surface area contributed by atoms with E-state index in [2.05, 4.69) is 35.3 Å². The molecule has 2 heterocycles. The lowest BCUT2D eigenvalue weighted by Crippen LogP contribution is -2.57. The van der Waals surface area contributed by atoms with Crippen molar-refractivity contribution in [2.45, 2.75) is 46.1 Å². The summed E-state index contributed by atoms with van der Waals surface area (Å²) in [5.74, 6) is 1.62. The Morgan fingerprint density at radius 2 is 2.04 bits per heavy atom. The number of aryl methyl sites for hydroxylation is 1. The molecule has 0 amide bonds. The zero-order valence-electron chi connectivity index (χ0n) is 14.9. The molecule has 1 aromatic heterocycles. The van der Waals surface area contributed by atoms with E-state index in [0.29, 0.717) is 12.0 Å². The Hall–Kier alpha value is -1.68. The van der Waals surface area contributed by atoms with E-state index in [1.54, 1.807) is 0 Å². The van der Waals surface area contributed by atoms with Gasteiger partial charge in [-0.3, -0.25) is 0 Å². The number of rotatable bonds is 6. The Kier molecular flexibility index (Phi) is 4.77. The van der Waals surface area contributed by atoms with Crippen LogP contribution in [0.1, 0.15) is 39.3 Å². The molecule has 1 saturated heterocycles. The van der Waals surface area contributed by atoms with Gasteiger partial charge in [-0.2, -0.15) is 0 Å². The Balaban J connectivity index is 1.86. The second-order valence-corrected chi connectivity index (χ2v) is 7.43. The van der Waals surface area contributed by atoms with E-state index in [1.807, 2.05) is 13.8 Å². The highest BCUT2D eigenvalue weighted by Gasteiger charge is 2.32. The van der Waals surface area contributed by atoms with Crippen molar-refractivity contribution in [3.8, 4) is 0 Å². The van der Waals surface area contributed by atoms with Gasteiger partial charge in [0, 0.05) is 35.5 Å². The summed E-state index contributed by atoms with van der Waals surface area (Å²) < 4.78 is 0. The van der Waals surface area contributed by atoms with E-state index in [-0.39, 0.29) is 0 Å². The van der Waals surface area contributed by atoms with Crippen LogP contribution < -0.4 is 15.9 Å². The van der Waals surface area contributed by atoms with Crippen LogP contribution >= 0.6 is 11.6 Å². The molecule has 1 saturated carbocycles. The molecule has 130 valence electrons. The molecule has 0 aromatic carbocycles. The summed E-state index contributed by atoms with van der Waals surface area (Å²) in [6.07, 6.45) is 3.42. The largest absolute Gasteiger partial charge is 0.382 e. The minimum Gasteiger partial charge on any atom is -0.382 e. The van der Waals surface area contributed by atoms with Gasteiger partial charge in [0.2, 0.25) is 0 Å². The molecule has 1 aromatic rings. The fraction of sp³-hybridized carbons (Fsp3) is 0.526. The molecule has 0 unspecified atom stereocenters. The summed E-state index contributed by atoms with van der Waals surface area (Å²) in [7, 11) is 0. The SMILES string of the molecule is C=C(NC1CN(/C(N=C(C)C)=c2\c(Cl)c(CC)[nH]c2=C)C1)C1CC1. The zero-order chi connectivity index (χ0) is 17.4. The van der Waals surface area contributed by atoms with Crippen molar-refractivity contribution in [1.29, 1.82) is 0 Å². The van der Waals surface area contributed by atoms with Crippen LogP contribution in [-0.2, 0) is 6.42 Å². The number of aromatic amines is 1. The summed E-state index contributed by atoms with van der Waals surface area (Å²) in [5, 5.41) is 6.09. The molecule has 3 rings (SSSR count). The van der Waals surface area contributed by atoms with E-state index in [0.717, 1.165) is 52.3 Å². The third-order valence-corrected chi connectivity index (χ3v) is 5.05. The summed E-state index contributed by atoms with van der Waals surface area (Å²) in [4.78, 5) is 10.3. The maximum atomic E-state index is 6.59. The van der Waals surface area contributed by atoms with Crippen molar-refractivity contribution < 1.29 is 0 Å². The van der Waals surface area contributed by atoms with Crippen molar-refractivity contribution in [3.05, 3.63) is 33.6 Å². The van der Waals surface area contributed by atoms with E-state index in [4.69, 9.17) is 16.6 Å². The molecule has 24 heavy (non-hydrogen) atoms. The monoisotopic (exact) mass is 346 g/mol. The van der Waals surface area contributed by atoms with Crippen LogP contribution in [-0.4, -0.2) is 34.7 Å². The van der Waals surface area contributed by atoms with Gasteiger partial charge in [0.1, 0.15) is 5.82 Å². The highest BCUT2D eigenvalue weighted by Crippen LogP contribution is 2.34. The number of allylic oxidation sites excluding steroid dienone is 1. The first-order valence-corrected chi connectivity index (χ1v) is 9.10. The van der Waals surface area contributed by atoms with Crippen LogP contribution in [0, 0.1) is 5.92 Å². The first-order chi connectivity index (χ1) is 11.4. The van der Waals surface area contributed by atoms with Gasteiger partial charge in [-0.25, -0.2) is 4.99 Å². The molecule has 0 bridgehead atoms. The van der Waals surface area contributed by atoms with E-state index in [1.165, 1.54) is 18.5 Å². The number of likely N-dealkylation sites (tertiary alicyclic amines) is 1. The summed E-state index contributed by atoms with van der Waals surface area (Å²) in [5.41, 5.74) is 3.23. The molecule has 1 aliphatic carbocycles. The molecular formula is C19H27ClN4. The Labute approximate surface area is 149 Å². The highest BCUT2D eigenvalue weighted by molar-refractivity contribution is 6.31. The van der Waals surface area contributed by atoms with Gasteiger partial charge in [0.15, 0.2) is 0 Å². The fourth-order valence-corrected chi connectivity index (χ4v) is 3.49. The number of nitrogens with zero attached hydrogens (tertiary/aromatic N) is 2. The summed E-state index contributed by atoms with van der Waals surface area (Å²) in [6.45, 7) is 16.2. The van der Waals surface area contributed by atoms with Gasteiger partial charge in [-0.05, 0) is 39.0 Å². The number of aliphatic imine (C=N–C) groups is 1. The first-order valence-electron chi connectivity index (χ1n) is 8.72. The van der Waals surface area contributed by atoms with Gasteiger partial charge in [-0.15, -0.1) is 0 Å². The van der Waals surface area contributed by atoms with Crippen molar-refractivity contribution >= 4 is 29.7 Å². The third-order valence-electron chi connectivity index (χ3n) is 4.64. The molecule has 0 atom stereocenters. The molecule has 4 nitrogen and oxygen atoms in total.